The van der Waals surface area contributed by atoms with Crippen LogP contribution in [0.5, 0.6) is 0 Å². The maximum atomic E-state index is 14.4. The number of halogens is 4. The van der Waals surface area contributed by atoms with Crippen LogP contribution in [0.15, 0.2) is 84.9 Å². The van der Waals surface area contributed by atoms with E-state index in [4.69, 9.17) is 0 Å². The van der Waals surface area contributed by atoms with Gasteiger partial charge in [0.2, 0.25) is 11.8 Å². The fourth-order valence-corrected chi connectivity index (χ4v) is 9.81. The molecule has 4 aliphatic rings. The zero-order chi connectivity index (χ0) is 48.1. The molecule has 12 nitrogen and oxygen atoms in total. The number of carbonyl (C=O) groups excluding carboxylic acids is 4. The lowest BCUT2D eigenvalue weighted by Crippen LogP contribution is -2.47. The molecule has 4 amide bonds. The third-order valence-corrected chi connectivity index (χ3v) is 13.7. The molecule has 0 spiro atoms. The van der Waals surface area contributed by atoms with Crippen LogP contribution in [0, 0.1) is 23.3 Å². The van der Waals surface area contributed by atoms with E-state index in [2.05, 4.69) is 30.6 Å². The summed E-state index contributed by atoms with van der Waals surface area (Å²) >= 11 is 0. The van der Waals surface area contributed by atoms with Crippen LogP contribution in [-0.2, 0) is 46.4 Å². The number of likely N-dealkylation sites (N-methyl/N-ethyl adjacent to an activating group) is 2. The standard InChI is InChI=1S/2C26H24F2N4O2/c2*1-26(11-4-12-32(2)25(26)34)16-9-7-15(8-10-16)13-19-22-20(14-29-24(22)33)31-23(30-19)21-17(27)5-3-6-18(21)28/h2*3,5-10H,4,11-14H2,1-2H3,(H,29,33)/t26-;/m1./s1. The first kappa shape index (κ1) is 45.8. The maximum absolute atomic E-state index is 14.4. The van der Waals surface area contributed by atoms with Crippen LogP contribution in [0.2, 0.25) is 0 Å². The number of benzene rings is 4. The molecule has 2 atom stereocenters. The molecule has 2 N–H and O–H groups in total. The second kappa shape index (κ2) is 18.0. The van der Waals surface area contributed by atoms with Gasteiger partial charge in [0.1, 0.15) is 23.3 Å². The Bertz CT molecular complexity index is 2780. The Balaban J connectivity index is 0.000000170. The Kier molecular flexibility index (Phi) is 12.1. The highest BCUT2D eigenvalue weighted by molar-refractivity contribution is 6.00. The number of aromatic nitrogens is 4. The zero-order valence-corrected chi connectivity index (χ0v) is 38.0. The number of rotatable bonds is 8. The van der Waals surface area contributed by atoms with Crippen LogP contribution < -0.4 is 10.6 Å². The average Bonchev–Trinajstić information content (AvgIpc) is 3.89. The summed E-state index contributed by atoms with van der Waals surface area (Å²) in [5, 5.41) is 5.43. The first-order valence-corrected chi connectivity index (χ1v) is 22.5. The highest BCUT2D eigenvalue weighted by Gasteiger charge is 2.41. The summed E-state index contributed by atoms with van der Waals surface area (Å²) in [6.07, 6.45) is 4.02. The van der Waals surface area contributed by atoms with E-state index in [1.807, 2.05) is 76.5 Å². The van der Waals surface area contributed by atoms with E-state index >= 15 is 0 Å². The van der Waals surface area contributed by atoms with Crippen molar-refractivity contribution in [1.82, 2.24) is 40.4 Å². The molecule has 6 aromatic rings. The Hall–Kier alpha value is -7.36. The molecule has 10 rings (SSSR count). The fraction of sp³-hybridized carbons (Fsp3) is 0.308. The number of piperidine rings is 2. The van der Waals surface area contributed by atoms with E-state index in [0.717, 1.165) is 85.3 Å². The summed E-state index contributed by atoms with van der Waals surface area (Å²) in [6.45, 7) is 5.82. The zero-order valence-electron chi connectivity index (χ0n) is 38.0. The monoisotopic (exact) mass is 924 g/mol. The predicted molar refractivity (Wildman–Crippen MR) is 244 cm³/mol. The Morgan fingerprint density at radius 2 is 0.868 bits per heavy atom. The number of likely N-dealkylation sites (tertiary alicyclic amines) is 2. The van der Waals surface area contributed by atoms with Crippen molar-refractivity contribution >= 4 is 23.6 Å². The predicted octanol–water partition coefficient (Wildman–Crippen LogP) is 7.53. The molecule has 1 unspecified atom stereocenters. The van der Waals surface area contributed by atoms with Gasteiger partial charge in [0.05, 0.1) is 68.9 Å². The van der Waals surface area contributed by atoms with Crippen molar-refractivity contribution in [3.05, 3.63) is 164 Å². The number of amides is 4. The van der Waals surface area contributed by atoms with Crippen LogP contribution in [0.1, 0.15) is 105 Å². The van der Waals surface area contributed by atoms with Gasteiger partial charge in [0.25, 0.3) is 11.8 Å². The van der Waals surface area contributed by atoms with Crippen LogP contribution in [0.4, 0.5) is 17.6 Å². The van der Waals surface area contributed by atoms with Crippen LogP contribution in [0.3, 0.4) is 0 Å². The third-order valence-electron chi connectivity index (χ3n) is 13.7. The van der Waals surface area contributed by atoms with Gasteiger partial charge in [-0.3, -0.25) is 19.2 Å². The smallest absolute Gasteiger partial charge is 0.255 e. The van der Waals surface area contributed by atoms with Crippen LogP contribution >= 0.6 is 0 Å². The van der Waals surface area contributed by atoms with Crippen molar-refractivity contribution in [3.8, 4) is 22.8 Å². The first-order chi connectivity index (χ1) is 32.5. The molecule has 0 bridgehead atoms. The molecular formula is C52H48F4N8O4. The summed E-state index contributed by atoms with van der Waals surface area (Å²) < 4.78 is 57.6. The number of fused-ring (bicyclic) bond motifs is 2. The SMILES string of the molecule is CN1CCCC(C)(c2ccc(Cc3nc(-c4c(F)cccc4F)nc4c3C(=O)NC4)cc2)C1=O.CN1CCC[C@](C)(c2ccc(Cc3nc(-c4c(F)cccc4F)nc4c3C(=O)NC4)cc2)C1=O. The molecular weight excluding hydrogens is 877 g/mol. The maximum Gasteiger partial charge on any atom is 0.255 e. The molecule has 4 aliphatic heterocycles. The molecule has 6 heterocycles. The highest BCUT2D eigenvalue weighted by Crippen LogP contribution is 2.37. The van der Waals surface area contributed by atoms with Crippen LogP contribution in [0.25, 0.3) is 22.8 Å². The number of nitrogens with one attached hydrogen (secondary N) is 2. The fourth-order valence-electron chi connectivity index (χ4n) is 9.81. The van der Waals surface area contributed by atoms with Crippen molar-refractivity contribution in [2.75, 3.05) is 27.2 Å². The van der Waals surface area contributed by atoms with Gasteiger partial charge in [0.15, 0.2) is 11.6 Å². The lowest BCUT2D eigenvalue weighted by atomic mass is 9.75. The Morgan fingerprint density at radius 3 is 1.22 bits per heavy atom. The Labute approximate surface area is 390 Å². The van der Waals surface area contributed by atoms with E-state index in [-0.39, 0.29) is 72.3 Å². The lowest BCUT2D eigenvalue weighted by molar-refractivity contribution is -0.139. The van der Waals surface area contributed by atoms with Gasteiger partial charge in [0, 0.05) is 40.0 Å². The van der Waals surface area contributed by atoms with Crippen molar-refractivity contribution in [3.63, 3.8) is 0 Å². The molecule has 2 aromatic heterocycles. The van der Waals surface area contributed by atoms with Gasteiger partial charge in [-0.15, -0.1) is 0 Å². The minimum Gasteiger partial charge on any atom is -0.346 e. The van der Waals surface area contributed by atoms with Gasteiger partial charge in [-0.25, -0.2) is 37.5 Å². The molecule has 0 aliphatic carbocycles. The molecule has 348 valence electrons. The number of hydrogen-bond acceptors (Lipinski definition) is 8. The topological polar surface area (TPSA) is 150 Å². The number of nitrogens with zero attached hydrogens (tertiary/aromatic N) is 6. The van der Waals surface area contributed by atoms with E-state index in [9.17, 15) is 36.7 Å². The molecule has 68 heavy (non-hydrogen) atoms. The second-order valence-corrected chi connectivity index (χ2v) is 18.3. The summed E-state index contributed by atoms with van der Waals surface area (Å²) in [7, 11) is 3.65. The molecule has 2 saturated heterocycles. The van der Waals surface area contributed by atoms with Gasteiger partial charge in [-0.1, -0.05) is 60.7 Å². The number of hydrogen-bond donors (Lipinski definition) is 2. The van der Waals surface area contributed by atoms with Gasteiger partial charge < -0.3 is 20.4 Å². The summed E-state index contributed by atoms with van der Waals surface area (Å²) in [6, 6.07) is 22.6. The minimum absolute atomic E-state index is 0.0826. The van der Waals surface area contributed by atoms with Crippen LogP contribution in [-0.4, -0.2) is 80.5 Å². The van der Waals surface area contributed by atoms with Crippen molar-refractivity contribution in [2.24, 2.45) is 0 Å². The van der Waals surface area contributed by atoms with E-state index in [0.29, 0.717) is 33.9 Å². The average molecular weight is 925 g/mol. The third kappa shape index (κ3) is 8.36. The second-order valence-electron chi connectivity index (χ2n) is 18.3. The largest absolute Gasteiger partial charge is 0.346 e. The van der Waals surface area contributed by atoms with E-state index in [1.165, 1.54) is 12.1 Å². The van der Waals surface area contributed by atoms with E-state index in [1.54, 1.807) is 9.80 Å². The summed E-state index contributed by atoms with van der Waals surface area (Å²) in [4.78, 5) is 71.5. The normalized spacial score (nSPS) is 19.8. The Morgan fingerprint density at radius 1 is 0.515 bits per heavy atom. The molecule has 16 heteroatoms. The molecule has 4 aromatic carbocycles. The number of carbonyl (C=O) groups is 4. The van der Waals surface area contributed by atoms with E-state index < -0.39 is 34.1 Å². The van der Waals surface area contributed by atoms with Crippen molar-refractivity contribution in [2.45, 2.75) is 76.3 Å². The minimum atomic E-state index is -0.761. The molecule has 0 saturated carbocycles. The highest BCUT2D eigenvalue weighted by atomic mass is 19.1. The molecule has 2 fully saturated rings. The lowest BCUT2D eigenvalue weighted by Gasteiger charge is -2.38. The quantitative estimate of drug-likeness (QED) is 0.149. The molecule has 0 radical (unpaired) electrons. The summed E-state index contributed by atoms with van der Waals surface area (Å²) in [5.41, 5.74) is 4.20. The van der Waals surface area contributed by atoms with Crippen molar-refractivity contribution < 1.29 is 36.7 Å². The van der Waals surface area contributed by atoms with Gasteiger partial charge >= 0.3 is 0 Å². The first-order valence-electron chi connectivity index (χ1n) is 22.5. The van der Waals surface area contributed by atoms with Crippen molar-refractivity contribution in [1.29, 1.82) is 0 Å². The van der Waals surface area contributed by atoms with Gasteiger partial charge in [-0.2, -0.15) is 0 Å². The summed E-state index contributed by atoms with van der Waals surface area (Å²) in [5.74, 6) is -3.60. The van der Waals surface area contributed by atoms with Gasteiger partial charge in [-0.05, 0) is 86.1 Å².